The third-order valence-electron chi connectivity index (χ3n) is 3.23. The minimum absolute atomic E-state index is 0.498. The first-order chi connectivity index (χ1) is 8.83. The summed E-state index contributed by atoms with van der Waals surface area (Å²) in [6.07, 6.45) is 6.75. The molecule has 1 atom stereocenters. The summed E-state index contributed by atoms with van der Waals surface area (Å²) in [5.41, 5.74) is 1.41. The Bertz CT molecular complexity index is 445. The van der Waals surface area contributed by atoms with Crippen LogP contribution in [0.3, 0.4) is 0 Å². The van der Waals surface area contributed by atoms with Gasteiger partial charge in [0.2, 0.25) is 0 Å². The van der Waals surface area contributed by atoms with Crippen LogP contribution in [-0.2, 0) is 13.0 Å². The fraction of sp³-hybridized carbons (Fsp3) is 0.467. The van der Waals surface area contributed by atoms with Crippen molar-refractivity contribution in [1.29, 1.82) is 0 Å². The third-order valence-corrected chi connectivity index (χ3v) is 4.17. The van der Waals surface area contributed by atoms with Crippen LogP contribution in [0.15, 0.2) is 36.0 Å². The van der Waals surface area contributed by atoms with Crippen LogP contribution in [0.4, 0.5) is 0 Å². The summed E-state index contributed by atoms with van der Waals surface area (Å²) >= 11 is 1.84. The molecule has 2 nitrogen and oxygen atoms in total. The Labute approximate surface area is 114 Å². The number of nitrogens with zero attached hydrogens (tertiary/aromatic N) is 1. The number of hydrogen-bond donors (Lipinski definition) is 1. The minimum Gasteiger partial charge on any atom is -0.354 e. The highest BCUT2D eigenvalue weighted by molar-refractivity contribution is 7.09. The van der Waals surface area contributed by atoms with Gasteiger partial charge in [0.1, 0.15) is 0 Å². The molecule has 98 valence electrons. The molecule has 3 heteroatoms. The van der Waals surface area contributed by atoms with Crippen LogP contribution in [-0.4, -0.2) is 11.1 Å². The molecule has 0 saturated heterocycles. The molecule has 1 N–H and O–H groups in total. The van der Waals surface area contributed by atoms with Crippen molar-refractivity contribution in [2.45, 2.75) is 39.3 Å². The normalized spacial score (nSPS) is 12.8. The maximum Gasteiger partial charge on any atom is 0.0332 e. The highest BCUT2D eigenvalue weighted by Crippen LogP contribution is 2.17. The highest BCUT2D eigenvalue weighted by atomic mass is 32.1. The maximum atomic E-state index is 3.52. The second kappa shape index (κ2) is 6.76. The summed E-state index contributed by atoms with van der Waals surface area (Å²) in [5.74, 6) is 0. The summed E-state index contributed by atoms with van der Waals surface area (Å²) in [5, 5.41) is 5.67. The van der Waals surface area contributed by atoms with E-state index in [0.29, 0.717) is 6.04 Å². The predicted molar refractivity (Wildman–Crippen MR) is 79.2 cm³/mol. The van der Waals surface area contributed by atoms with E-state index in [9.17, 15) is 0 Å². The lowest BCUT2D eigenvalue weighted by molar-refractivity contribution is 0.536. The van der Waals surface area contributed by atoms with E-state index in [1.54, 1.807) is 0 Å². The Morgan fingerprint density at radius 2 is 2.22 bits per heavy atom. The second-order valence-electron chi connectivity index (χ2n) is 4.53. The molecular formula is C15H22N2S. The van der Waals surface area contributed by atoms with Crippen LogP contribution in [0.1, 0.15) is 36.8 Å². The monoisotopic (exact) mass is 262 g/mol. The van der Waals surface area contributed by atoms with Crippen molar-refractivity contribution in [2.75, 3.05) is 6.54 Å². The number of nitrogens with one attached hydrogen (secondary N) is 1. The van der Waals surface area contributed by atoms with Crippen LogP contribution < -0.4 is 5.32 Å². The van der Waals surface area contributed by atoms with E-state index in [-0.39, 0.29) is 0 Å². The number of rotatable bonds is 7. The molecule has 2 aromatic rings. The fourth-order valence-corrected chi connectivity index (χ4v) is 2.94. The zero-order valence-corrected chi connectivity index (χ0v) is 12.0. The molecule has 0 bridgehead atoms. The zero-order chi connectivity index (χ0) is 12.8. The Morgan fingerprint density at radius 1 is 1.33 bits per heavy atom. The molecule has 18 heavy (non-hydrogen) atoms. The molecule has 0 amide bonds. The van der Waals surface area contributed by atoms with E-state index < -0.39 is 0 Å². The van der Waals surface area contributed by atoms with Gasteiger partial charge in [0.05, 0.1) is 0 Å². The summed E-state index contributed by atoms with van der Waals surface area (Å²) in [6.45, 7) is 6.49. The summed E-state index contributed by atoms with van der Waals surface area (Å²) in [4.78, 5) is 1.46. The van der Waals surface area contributed by atoms with E-state index in [1.165, 1.54) is 10.4 Å². The van der Waals surface area contributed by atoms with Crippen molar-refractivity contribution >= 4 is 11.3 Å². The second-order valence-corrected chi connectivity index (χ2v) is 5.56. The fourth-order valence-electron chi connectivity index (χ4n) is 2.24. The van der Waals surface area contributed by atoms with Crippen molar-refractivity contribution < 1.29 is 0 Å². The molecular weight excluding hydrogens is 240 g/mol. The van der Waals surface area contributed by atoms with Gasteiger partial charge in [-0.1, -0.05) is 19.9 Å². The quantitative estimate of drug-likeness (QED) is 0.802. The standard InChI is InChI=1S/C15H22N2S/c1-3-15(16-4-2)13-7-9-17(12-13)10-8-14-6-5-11-18-14/h5-7,9,11-12,15-16H,3-4,8,10H2,1-2H3. The Hall–Kier alpha value is -1.06. The van der Waals surface area contributed by atoms with Crippen molar-refractivity contribution in [3.05, 3.63) is 46.4 Å². The smallest absolute Gasteiger partial charge is 0.0332 e. The Morgan fingerprint density at radius 3 is 2.89 bits per heavy atom. The van der Waals surface area contributed by atoms with Gasteiger partial charge in [-0.25, -0.2) is 0 Å². The minimum atomic E-state index is 0.498. The maximum absolute atomic E-state index is 3.52. The number of aromatic nitrogens is 1. The third kappa shape index (κ3) is 3.47. The SMILES string of the molecule is CCNC(CC)c1ccn(CCc2cccs2)c1. The summed E-state index contributed by atoms with van der Waals surface area (Å²) < 4.78 is 2.30. The average molecular weight is 262 g/mol. The molecule has 0 aromatic carbocycles. The van der Waals surface area contributed by atoms with Gasteiger partial charge in [0, 0.05) is 29.9 Å². The summed E-state index contributed by atoms with van der Waals surface area (Å²) in [6, 6.07) is 7.07. The number of aryl methyl sites for hydroxylation is 2. The van der Waals surface area contributed by atoms with Crippen LogP contribution in [0, 0.1) is 0 Å². The van der Waals surface area contributed by atoms with Crippen molar-refractivity contribution in [2.24, 2.45) is 0 Å². The van der Waals surface area contributed by atoms with Gasteiger partial charge in [-0.3, -0.25) is 0 Å². The lowest BCUT2D eigenvalue weighted by Gasteiger charge is -2.13. The van der Waals surface area contributed by atoms with Crippen molar-refractivity contribution in [1.82, 2.24) is 9.88 Å². The van der Waals surface area contributed by atoms with Gasteiger partial charge < -0.3 is 9.88 Å². The molecule has 2 rings (SSSR count). The van der Waals surface area contributed by atoms with E-state index in [0.717, 1.165) is 25.9 Å². The first-order valence-electron chi connectivity index (χ1n) is 6.75. The van der Waals surface area contributed by atoms with Gasteiger partial charge in [0.25, 0.3) is 0 Å². The van der Waals surface area contributed by atoms with E-state index in [1.807, 2.05) is 11.3 Å². The van der Waals surface area contributed by atoms with Crippen molar-refractivity contribution in [3.63, 3.8) is 0 Å². The Kier molecular flexibility index (Phi) is 5.02. The first kappa shape index (κ1) is 13.4. The first-order valence-corrected chi connectivity index (χ1v) is 7.63. The van der Waals surface area contributed by atoms with Gasteiger partial charge >= 0.3 is 0 Å². The molecule has 0 spiro atoms. The van der Waals surface area contributed by atoms with Crippen LogP contribution >= 0.6 is 11.3 Å². The number of thiophene rings is 1. The van der Waals surface area contributed by atoms with Gasteiger partial charge in [0.15, 0.2) is 0 Å². The van der Waals surface area contributed by atoms with Crippen LogP contribution in [0.25, 0.3) is 0 Å². The molecule has 2 aromatic heterocycles. The zero-order valence-electron chi connectivity index (χ0n) is 11.2. The predicted octanol–water partition coefficient (Wildman–Crippen LogP) is 3.85. The molecule has 1 unspecified atom stereocenters. The Balaban J connectivity index is 1.92. The molecule has 0 aliphatic rings. The summed E-state index contributed by atoms with van der Waals surface area (Å²) in [7, 11) is 0. The topological polar surface area (TPSA) is 17.0 Å². The van der Waals surface area contributed by atoms with Gasteiger partial charge in [-0.2, -0.15) is 0 Å². The average Bonchev–Trinajstić information content (AvgIpc) is 3.04. The molecule has 0 radical (unpaired) electrons. The van der Waals surface area contributed by atoms with Crippen LogP contribution in [0.2, 0.25) is 0 Å². The molecule has 0 fully saturated rings. The number of hydrogen-bond acceptors (Lipinski definition) is 2. The molecule has 2 heterocycles. The van der Waals surface area contributed by atoms with Crippen LogP contribution in [0.5, 0.6) is 0 Å². The van der Waals surface area contributed by atoms with Gasteiger partial charge in [-0.05, 0) is 42.5 Å². The molecule has 0 aliphatic carbocycles. The molecule has 0 saturated carbocycles. The lowest BCUT2D eigenvalue weighted by Crippen LogP contribution is -2.19. The van der Waals surface area contributed by atoms with Gasteiger partial charge in [-0.15, -0.1) is 11.3 Å². The van der Waals surface area contributed by atoms with Crippen molar-refractivity contribution in [3.8, 4) is 0 Å². The largest absolute Gasteiger partial charge is 0.354 e. The molecule has 0 aliphatic heterocycles. The lowest BCUT2D eigenvalue weighted by atomic mass is 10.1. The van der Waals surface area contributed by atoms with E-state index >= 15 is 0 Å². The van der Waals surface area contributed by atoms with E-state index in [4.69, 9.17) is 0 Å². The van der Waals surface area contributed by atoms with E-state index in [2.05, 4.69) is 59.7 Å². The highest BCUT2D eigenvalue weighted by Gasteiger charge is 2.08.